The van der Waals surface area contributed by atoms with Crippen molar-refractivity contribution >= 4 is 21.8 Å². The van der Waals surface area contributed by atoms with Gasteiger partial charge in [-0.1, -0.05) is 12.1 Å². The Kier molecular flexibility index (Phi) is 7.95. The predicted octanol–water partition coefficient (Wildman–Crippen LogP) is 2.03. The number of nitrogens with one attached hydrogen (secondary N) is 2. The third kappa shape index (κ3) is 6.16. The second kappa shape index (κ2) is 10.9. The number of phenolic OH excluding ortho intramolecular Hbond substituents is 2. The molecule has 0 saturated carbocycles. The summed E-state index contributed by atoms with van der Waals surface area (Å²) in [6, 6.07) is 9.26. The maximum atomic E-state index is 12.1. The van der Waals surface area contributed by atoms with Crippen LogP contribution in [0.5, 0.6) is 23.0 Å². The number of hydrogen-bond acceptors (Lipinski definition) is 8. The maximum Gasteiger partial charge on any atom is 0.330 e. The molecule has 2 aromatic carbocycles. The minimum absolute atomic E-state index is 0.00411. The second-order valence-electron chi connectivity index (χ2n) is 7.45. The minimum atomic E-state index is -4.00. The van der Waals surface area contributed by atoms with Crippen molar-refractivity contribution in [3.8, 4) is 23.0 Å². The largest absolute Gasteiger partial charge is 0.506 e. The Hall–Kier alpha value is -3.80. The first-order valence-electron chi connectivity index (χ1n) is 10.5. The molecule has 0 spiro atoms. The number of amides is 1. The topological polar surface area (TPSA) is 158 Å². The van der Waals surface area contributed by atoms with Crippen LogP contribution in [0.3, 0.4) is 0 Å². The number of aromatic hydroxyl groups is 2. The van der Waals surface area contributed by atoms with Crippen LogP contribution in [0.1, 0.15) is 24.8 Å². The summed E-state index contributed by atoms with van der Waals surface area (Å²) in [5.41, 5.74) is 0.637. The first-order valence-corrected chi connectivity index (χ1v) is 12.0. The fourth-order valence-corrected chi connectivity index (χ4v) is 4.37. The summed E-state index contributed by atoms with van der Waals surface area (Å²) in [6.45, 7) is 0.871. The van der Waals surface area contributed by atoms with Crippen LogP contribution in [-0.4, -0.2) is 49.9 Å². The molecule has 5 N–H and O–H groups in total. The number of aliphatic hydroxyl groups is 1. The van der Waals surface area contributed by atoms with Gasteiger partial charge in [0.25, 0.3) is 0 Å². The average Bonchev–Trinajstić information content (AvgIpc) is 3.06. The van der Waals surface area contributed by atoms with E-state index < -0.39 is 16.1 Å². The van der Waals surface area contributed by atoms with Crippen molar-refractivity contribution in [2.75, 3.05) is 24.6 Å². The van der Waals surface area contributed by atoms with Crippen molar-refractivity contribution in [3.63, 3.8) is 0 Å². The minimum Gasteiger partial charge on any atom is -0.506 e. The zero-order valence-corrected chi connectivity index (χ0v) is 19.3. The first kappa shape index (κ1) is 24.8. The molecule has 1 heterocycles. The lowest BCUT2D eigenvalue weighted by molar-refractivity contribution is -0.121. The van der Waals surface area contributed by atoms with Crippen LogP contribution < -0.4 is 23.8 Å². The molecule has 12 heteroatoms. The van der Waals surface area contributed by atoms with E-state index in [1.807, 2.05) is 4.72 Å². The van der Waals surface area contributed by atoms with Crippen molar-refractivity contribution in [3.05, 3.63) is 54.0 Å². The number of aryl methyl sites for hydroxylation is 1. The fourth-order valence-electron chi connectivity index (χ4n) is 3.30. The standard InChI is InChI=1S/C22H27N3O8S/c1-32-22-17(26)5-4-6-19(22)33-12-3-2-11-23-20(28)10-8-15-7-9-16(18(27)13-15)25-14-21(29)24-34(25,30)31/h4-7,9,13-14,24,26-27,29H,2-3,8,10-12H2,1H3,(H,23,28). The number of benzene rings is 2. The maximum absolute atomic E-state index is 12.1. The van der Waals surface area contributed by atoms with E-state index in [0.29, 0.717) is 43.7 Å². The van der Waals surface area contributed by atoms with Crippen LogP contribution >= 0.6 is 0 Å². The van der Waals surface area contributed by atoms with Gasteiger partial charge in [-0.15, -0.1) is 0 Å². The highest BCUT2D eigenvalue weighted by atomic mass is 32.2. The number of para-hydroxylation sites is 1. The zero-order chi connectivity index (χ0) is 24.7. The summed E-state index contributed by atoms with van der Waals surface area (Å²) in [5, 5.41) is 32.1. The SMILES string of the molecule is COc1c(O)cccc1OCCCCNC(=O)CCc1ccc(N2C=C(O)NS2(=O)=O)c(O)c1. The Bertz CT molecular complexity index is 1170. The van der Waals surface area contributed by atoms with Crippen LogP contribution in [0.2, 0.25) is 0 Å². The van der Waals surface area contributed by atoms with Crippen LogP contribution in [0.4, 0.5) is 5.69 Å². The van der Waals surface area contributed by atoms with Crippen molar-refractivity contribution < 1.29 is 38.0 Å². The molecule has 34 heavy (non-hydrogen) atoms. The number of phenols is 2. The molecule has 0 radical (unpaired) electrons. The molecule has 184 valence electrons. The summed E-state index contributed by atoms with van der Waals surface area (Å²) in [4.78, 5) is 12.1. The molecule has 0 aliphatic carbocycles. The molecule has 3 rings (SSSR count). The summed E-state index contributed by atoms with van der Waals surface area (Å²) >= 11 is 0. The molecular weight excluding hydrogens is 466 g/mol. The van der Waals surface area contributed by atoms with Crippen molar-refractivity contribution in [1.29, 1.82) is 0 Å². The lowest BCUT2D eigenvalue weighted by Crippen LogP contribution is -2.29. The molecule has 1 aliphatic heterocycles. The first-order chi connectivity index (χ1) is 16.2. The highest BCUT2D eigenvalue weighted by Crippen LogP contribution is 2.36. The molecule has 0 aromatic heterocycles. The van der Waals surface area contributed by atoms with E-state index in [1.165, 1.54) is 25.3 Å². The molecule has 0 unspecified atom stereocenters. The van der Waals surface area contributed by atoms with Gasteiger partial charge in [0.2, 0.25) is 17.5 Å². The van der Waals surface area contributed by atoms with Crippen LogP contribution in [0.15, 0.2) is 48.5 Å². The van der Waals surface area contributed by atoms with Gasteiger partial charge in [-0.2, -0.15) is 8.42 Å². The van der Waals surface area contributed by atoms with Gasteiger partial charge in [0.05, 0.1) is 19.9 Å². The third-order valence-corrected chi connectivity index (χ3v) is 6.25. The van der Waals surface area contributed by atoms with Crippen LogP contribution in [-0.2, 0) is 21.4 Å². The highest BCUT2D eigenvalue weighted by Gasteiger charge is 2.30. The molecule has 1 aliphatic rings. The van der Waals surface area contributed by atoms with Gasteiger partial charge in [0, 0.05) is 13.0 Å². The number of ether oxygens (including phenoxy) is 2. The van der Waals surface area contributed by atoms with E-state index in [0.717, 1.165) is 10.5 Å². The molecule has 0 saturated heterocycles. The van der Waals surface area contributed by atoms with Gasteiger partial charge >= 0.3 is 10.2 Å². The number of methoxy groups -OCH3 is 1. The summed E-state index contributed by atoms with van der Waals surface area (Å²) < 4.78 is 37.2. The monoisotopic (exact) mass is 493 g/mol. The highest BCUT2D eigenvalue weighted by molar-refractivity contribution is 7.91. The molecule has 1 amide bonds. The number of aliphatic hydroxyl groups excluding tert-OH is 1. The molecule has 0 fully saturated rings. The van der Waals surface area contributed by atoms with Gasteiger partial charge in [-0.25, -0.2) is 9.03 Å². The Balaban J connectivity index is 1.38. The number of hydrogen-bond donors (Lipinski definition) is 5. The quantitative estimate of drug-likeness (QED) is 0.298. The number of anilines is 1. The summed E-state index contributed by atoms with van der Waals surface area (Å²) in [7, 11) is -2.55. The molecule has 11 nitrogen and oxygen atoms in total. The van der Waals surface area contributed by atoms with Crippen molar-refractivity contribution in [1.82, 2.24) is 10.0 Å². The Labute approximate surface area is 197 Å². The summed E-state index contributed by atoms with van der Waals surface area (Å²) in [5.74, 6) is -0.262. The van der Waals surface area contributed by atoms with E-state index >= 15 is 0 Å². The second-order valence-corrected chi connectivity index (χ2v) is 9.00. The fraction of sp³-hybridized carbons (Fsp3) is 0.318. The van der Waals surface area contributed by atoms with Gasteiger partial charge in [0.15, 0.2) is 11.5 Å². The molecule has 2 aromatic rings. The number of rotatable bonds is 11. The van der Waals surface area contributed by atoms with Crippen LogP contribution in [0.25, 0.3) is 0 Å². The number of unbranched alkanes of at least 4 members (excludes halogenated alkanes) is 1. The van der Waals surface area contributed by atoms with Gasteiger partial charge in [-0.3, -0.25) is 4.79 Å². The van der Waals surface area contributed by atoms with Gasteiger partial charge in [0.1, 0.15) is 11.4 Å². The van der Waals surface area contributed by atoms with Gasteiger partial charge < -0.3 is 30.1 Å². The lowest BCUT2D eigenvalue weighted by Gasteiger charge is -2.16. The van der Waals surface area contributed by atoms with E-state index in [2.05, 4.69) is 5.32 Å². The smallest absolute Gasteiger partial charge is 0.330 e. The average molecular weight is 494 g/mol. The van der Waals surface area contributed by atoms with Crippen LogP contribution in [0, 0.1) is 0 Å². The number of nitrogens with zero attached hydrogens (tertiary/aromatic N) is 1. The van der Waals surface area contributed by atoms with E-state index in [1.54, 1.807) is 18.2 Å². The normalized spacial score (nSPS) is 14.3. The molecule has 0 atom stereocenters. The van der Waals surface area contributed by atoms with E-state index in [4.69, 9.17) is 9.47 Å². The number of carbonyl (C=O) groups is 1. The van der Waals surface area contributed by atoms with Crippen molar-refractivity contribution in [2.45, 2.75) is 25.7 Å². The summed E-state index contributed by atoms with van der Waals surface area (Å²) in [6.07, 6.45) is 2.88. The van der Waals surface area contributed by atoms with Crippen molar-refractivity contribution in [2.24, 2.45) is 0 Å². The van der Waals surface area contributed by atoms with E-state index in [-0.39, 0.29) is 35.3 Å². The Morgan fingerprint density at radius 3 is 2.59 bits per heavy atom. The third-order valence-electron chi connectivity index (χ3n) is 4.96. The van der Waals surface area contributed by atoms with E-state index in [9.17, 15) is 28.5 Å². The Morgan fingerprint density at radius 1 is 1.12 bits per heavy atom. The van der Waals surface area contributed by atoms with Gasteiger partial charge in [-0.05, 0) is 49.1 Å². The number of carbonyl (C=O) groups excluding carboxylic acids is 1. The Morgan fingerprint density at radius 2 is 1.91 bits per heavy atom. The lowest BCUT2D eigenvalue weighted by atomic mass is 10.1. The predicted molar refractivity (Wildman–Crippen MR) is 124 cm³/mol. The zero-order valence-electron chi connectivity index (χ0n) is 18.5. The molecular formula is C22H27N3O8S. The molecule has 0 bridgehead atoms.